The number of benzene rings is 2. The van der Waals surface area contributed by atoms with Gasteiger partial charge in [0.15, 0.2) is 0 Å². The van der Waals surface area contributed by atoms with Crippen molar-refractivity contribution >= 4 is 37.3 Å². The zero-order valence-corrected chi connectivity index (χ0v) is 13.9. The molecule has 0 aliphatic heterocycles. The van der Waals surface area contributed by atoms with Crippen LogP contribution in [0, 0.1) is 12.7 Å². The Morgan fingerprint density at radius 3 is 2.52 bits per heavy atom. The van der Waals surface area contributed by atoms with Crippen molar-refractivity contribution in [1.82, 2.24) is 0 Å². The molecule has 2 aromatic rings. The third-order valence-corrected chi connectivity index (χ3v) is 5.80. The van der Waals surface area contributed by atoms with Crippen LogP contribution in [0.5, 0.6) is 0 Å². The van der Waals surface area contributed by atoms with Crippen LogP contribution in [0.1, 0.15) is 5.56 Å². The van der Waals surface area contributed by atoms with Gasteiger partial charge in [-0.1, -0.05) is 12.1 Å². The van der Waals surface area contributed by atoms with E-state index in [0.717, 1.165) is 22.0 Å². The number of nitrogens with two attached hydrogens (primary N) is 1. The van der Waals surface area contributed by atoms with E-state index in [1.807, 2.05) is 13.0 Å². The number of halogens is 2. The number of aryl methyl sites for hydroxylation is 1. The van der Waals surface area contributed by atoms with Gasteiger partial charge in [0.25, 0.3) is 10.0 Å². The minimum Gasteiger partial charge on any atom is -0.396 e. The molecule has 112 valence electrons. The minimum absolute atomic E-state index is 0.0783. The van der Waals surface area contributed by atoms with Crippen LogP contribution >= 0.6 is 15.9 Å². The van der Waals surface area contributed by atoms with Gasteiger partial charge in [0.2, 0.25) is 0 Å². The van der Waals surface area contributed by atoms with E-state index < -0.39 is 15.8 Å². The molecule has 21 heavy (non-hydrogen) atoms. The highest BCUT2D eigenvalue weighted by Gasteiger charge is 2.25. The molecule has 7 heteroatoms. The number of hydrogen-bond donors (Lipinski definition) is 1. The molecular weight excluding hydrogens is 359 g/mol. The van der Waals surface area contributed by atoms with Crippen LogP contribution in [-0.2, 0) is 10.0 Å². The molecule has 0 bridgehead atoms. The summed E-state index contributed by atoms with van der Waals surface area (Å²) in [6.45, 7) is 1.87. The molecule has 0 amide bonds. The Kier molecular flexibility index (Phi) is 4.25. The average molecular weight is 373 g/mol. The molecule has 0 aromatic heterocycles. The number of hydrogen-bond acceptors (Lipinski definition) is 3. The lowest BCUT2D eigenvalue weighted by molar-refractivity contribution is 0.592. The van der Waals surface area contributed by atoms with Gasteiger partial charge in [0.05, 0.1) is 11.4 Å². The first-order valence-electron chi connectivity index (χ1n) is 6.03. The summed E-state index contributed by atoms with van der Waals surface area (Å²) in [6.07, 6.45) is 0. The molecule has 2 aromatic carbocycles. The highest BCUT2D eigenvalue weighted by atomic mass is 79.9. The van der Waals surface area contributed by atoms with Crippen molar-refractivity contribution in [2.45, 2.75) is 11.8 Å². The predicted molar refractivity (Wildman–Crippen MR) is 85.3 cm³/mol. The van der Waals surface area contributed by atoms with Crippen molar-refractivity contribution in [2.75, 3.05) is 17.1 Å². The van der Waals surface area contributed by atoms with E-state index in [4.69, 9.17) is 5.73 Å². The number of nitrogens with zero attached hydrogens (tertiary/aromatic N) is 1. The number of rotatable bonds is 3. The Morgan fingerprint density at radius 2 is 1.90 bits per heavy atom. The molecular formula is C14H14BrFN2O2S. The quantitative estimate of drug-likeness (QED) is 0.840. The lowest BCUT2D eigenvalue weighted by Crippen LogP contribution is -2.27. The average Bonchev–Trinajstić information content (AvgIpc) is 2.41. The van der Waals surface area contributed by atoms with Gasteiger partial charge in [-0.05, 0) is 52.7 Å². The van der Waals surface area contributed by atoms with Crippen molar-refractivity contribution in [3.8, 4) is 0 Å². The van der Waals surface area contributed by atoms with Gasteiger partial charge in [0, 0.05) is 11.5 Å². The second kappa shape index (κ2) is 5.65. The van der Waals surface area contributed by atoms with E-state index in [2.05, 4.69) is 15.9 Å². The molecule has 0 saturated carbocycles. The van der Waals surface area contributed by atoms with Crippen LogP contribution in [0.4, 0.5) is 15.8 Å². The largest absolute Gasteiger partial charge is 0.396 e. The zero-order valence-electron chi connectivity index (χ0n) is 11.5. The number of nitrogen functional groups attached to an aromatic ring is 1. The molecule has 2 rings (SSSR count). The zero-order chi connectivity index (χ0) is 15.8. The van der Waals surface area contributed by atoms with Gasteiger partial charge in [0.1, 0.15) is 10.7 Å². The predicted octanol–water partition coefficient (Wildman–Crippen LogP) is 3.30. The molecule has 0 spiro atoms. The van der Waals surface area contributed by atoms with Crippen molar-refractivity contribution in [2.24, 2.45) is 0 Å². The first-order valence-corrected chi connectivity index (χ1v) is 8.27. The normalized spacial score (nSPS) is 11.4. The van der Waals surface area contributed by atoms with Crippen molar-refractivity contribution in [1.29, 1.82) is 0 Å². The first-order chi connectivity index (χ1) is 9.73. The van der Waals surface area contributed by atoms with Crippen LogP contribution in [0.15, 0.2) is 45.8 Å². The van der Waals surface area contributed by atoms with Gasteiger partial charge in [-0.15, -0.1) is 0 Å². The van der Waals surface area contributed by atoms with Crippen molar-refractivity contribution in [3.63, 3.8) is 0 Å². The minimum atomic E-state index is -3.84. The van der Waals surface area contributed by atoms with Crippen LogP contribution in [0.2, 0.25) is 0 Å². The monoisotopic (exact) mass is 372 g/mol. The van der Waals surface area contributed by atoms with Crippen molar-refractivity contribution < 1.29 is 12.8 Å². The highest BCUT2D eigenvalue weighted by molar-refractivity contribution is 9.10. The van der Waals surface area contributed by atoms with Gasteiger partial charge < -0.3 is 5.73 Å². The standard InChI is InChI=1S/C14H14BrFN2O2S/c1-9-4-3-5-10(6-9)18(2)21(19,20)14-8-13(17)12(16)7-11(14)15/h3-8H,17H2,1-2H3. The molecule has 0 atom stereocenters. The Labute approximate surface area is 131 Å². The molecule has 0 aliphatic rings. The Bertz CT molecular complexity index is 794. The van der Waals surface area contributed by atoms with Crippen LogP contribution < -0.4 is 10.0 Å². The van der Waals surface area contributed by atoms with Gasteiger partial charge >= 0.3 is 0 Å². The summed E-state index contributed by atoms with van der Waals surface area (Å²) in [4.78, 5) is -0.0783. The maximum absolute atomic E-state index is 13.4. The molecule has 0 unspecified atom stereocenters. The highest BCUT2D eigenvalue weighted by Crippen LogP contribution is 2.31. The molecule has 0 aliphatic carbocycles. The molecule has 0 heterocycles. The van der Waals surface area contributed by atoms with E-state index in [0.29, 0.717) is 5.69 Å². The van der Waals surface area contributed by atoms with Gasteiger partial charge in [-0.25, -0.2) is 12.8 Å². The third kappa shape index (κ3) is 3.03. The molecule has 0 saturated heterocycles. The third-order valence-electron chi connectivity index (χ3n) is 3.05. The molecule has 0 fully saturated rings. The van der Waals surface area contributed by atoms with E-state index in [9.17, 15) is 12.8 Å². The smallest absolute Gasteiger partial charge is 0.265 e. The van der Waals surface area contributed by atoms with Crippen LogP contribution in [-0.4, -0.2) is 15.5 Å². The fraction of sp³-hybridized carbons (Fsp3) is 0.143. The molecule has 2 N–H and O–H groups in total. The molecule has 4 nitrogen and oxygen atoms in total. The lowest BCUT2D eigenvalue weighted by Gasteiger charge is -2.21. The topological polar surface area (TPSA) is 63.4 Å². The van der Waals surface area contributed by atoms with Crippen LogP contribution in [0.25, 0.3) is 0 Å². The Hall–Kier alpha value is -1.60. The summed E-state index contributed by atoms with van der Waals surface area (Å²) in [7, 11) is -2.40. The summed E-state index contributed by atoms with van der Waals surface area (Å²) in [5.74, 6) is -0.668. The Morgan fingerprint density at radius 1 is 1.24 bits per heavy atom. The lowest BCUT2D eigenvalue weighted by atomic mass is 10.2. The van der Waals surface area contributed by atoms with Gasteiger partial charge in [-0.3, -0.25) is 4.31 Å². The summed E-state index contributed by atoms with van der Waals surface area (Å²) in [5, 5.41) is 0. The van der Waals surface area contributed by atoms with E-state index in [1.54, 1.807) is 18.2 Å². The fourth-order valence-electron chi connectivity index (χ4n) is 1.85. The van der Waals surface area contributed by atoms with Gasteiger partial charge in [-0.2, -0.15) is 0 Å². The Balaban J connectivity index is 2.54. The summed E-state index contributed by atoms with van der Waals surface area (Å²) in [6, 6.07) is 9.23. The number of anilines is 2. The SMILES string of the molecule is Cc1cccc(N(C)S(=O)(=O)c2cc(N)c(F)cc2Br)c1. The molecule has 0 radical (unpaired) electrons. The van der Waals surface area contributed by atoms with Crippen molar-refractivity contribution in [3.05, 3.63) is 52.3 Å². The summed E-state index contributed by atoms with van der Waals surface area (Å²) >= 11 is 3.07. The second-order valence-corrected chi connectivity index (χ2v) is 7.41. The number of sulfonamides is 1. The summed E-state index contributed by atoms with van der Waals surface area (Å²) in [5.41, 5.74) is 6.71. The van der Waals surface area contributed by atoms with E-state index in [1.165, 1.54) is 7.05 Å². The maximum atomic E-state index is 13.4. The van der Waals surface area contributed by atoms with Crippen LogP contribution in [0.3, 0.4) is 0 Å². The fourth-order valence-corrected chi connectivity index (χ4v) is 4.05. The second-order valence-electron chi connectivity index (χ2n) is 4.62. The summed E-state index contributed by atoms with van der Waals surface area (Å²) < 4.78 is 39.9. The maximum Gasteiger partial charge on any atom is 0.265 e. The van der Waals surface area contributed by atoms with E-state index >= 15 is 0 Å². The first kappa shape index (κ1) is 15.8. The van der Waals surface area contributed by atoms with E-state index in [-0.39, 0.29) is 15.1 Å².